The minimum atomic E-state index is -0.673. The summed E-state index contributed by atoms with van der Waals surface area (Å²) < 4.78 is 30.0. The van der Waals surface area contributed by atoms with Crippen LogP contribution in [0.4, 0.5) is 15.8 Å². The van der Waals surface area contributed by atoms with Gasteiger partial charge in [-0.25, -0.2) is 4.39 Å². The summed E-state index contributed by atoms with van der Waals surface area (Å²) >= 11 is 0. The first-order valence-corrected chi connectivity index (χ1v) is 15.8. The van der Waals surface area contributed by atoms with Gasteiger partial charge in [-0.3, -0.25) is 19.7 Å². The van der Waals surface area contributed by atoms with E-state index in [1.807, 2.05) is 28.2 Å². The number of carbonyl (C=O) groups is 1. The fourth-order valence-corrected chi connectivity index (χ4v) is 5.85. The number of halogens is 1. The summed E-state index contributed by atoms with van der Waals surface area (Å²) in [4.78, 5) is 45.4. The molecule has 0 atom stereocenters. The molecule has 0 unspecified atom stereocenters. The predicted molar refractivity (Wildman–Crippen MR) is 184 cm³/mol. The van der Waals surface area contributed by atoms with Crippen molar-refractivity contribution in [3.05, 3.63) is 74.3 Å². The van der Waals surface area contributed by atoms with E-state index in [4.69, 9.17) is 8.83 Å². The van der Waals surface area contributed by atoms with Crippen LogP contribution in [0.25, 0.3) is 49.8 Å². The van der Waals surface area contributed by atoms with Crippen LogP contribution in [0.2, 0.25) is 0 Å². The lowest BCUT2D eigenvalue weighted by Gasteiger charge is -2.17. The smallest absolute Gasteiger partial charge is 0.273 e. The molecule has 14 heteroatoms. The van der Waals surface area contributed by atoms with Crippen molar-refractivity contribution in [2.24, 2.45) is 0 Å². The highest BCUT2D eigenvalue weighted by Crippen LogP contribution is 2.35. The lowest BCUT2D eigenvalue weighted by molar-refractivity contribution is -0.384. The Kier molecular flexibility index (Phi) is 9.20. The Morgan fingerprint density at radius 1 is 0.938 bits per heavy atom. The van der Waals surface area contributed by atoms with Crippen LogP contribution in [0.15, 0.2) is 56.2 Å². The molecule has 0 aliphatic carbocycles. The number of carbonyl (C=O) groups excluding carboxylic acids is 1. The number of non-ortho nitro benzene ring substituents is 1. The summed E-state index contributed by atoms with van der Waals surface area (Å²) in [5.41, 5.74) is 2.05. The van der Waals surface area contributed by atoms with Crippen LogP contribution < -0.4 is 16.1 Å². The van der Waals surface area contributed by atoms with Gasteiger partial charge in [-0.1, -0.05) is 0 Å². The number of anilines is 1. The Morgan fingerprint density at radius 3 is 2.35 bits per heavy atom. The number of fused-ring (bicyclic) bond motifs is 4. The summed E-state index contributed by atoms with van der Waals surface area (Å²) in [7, 11) is 7.93. The molecule has 0 saturated heterocycles. The number of hydrogen-bond donors (Lipinski definition) is 3. The van der Waals surface area contributed by atoms with Crippen LogP contribution in [-0.2, 0) is 0 Å². The number of aromatic nitrogens is 2. The molecule has 0 fully saturated rings. The molecule has 0 bridgehead atoms. The summed E-state index contributed by atoms with van der Waals surface area (Å²) in [6.07, 6.45) is 4.71. The Morgan fingerprint density at radius 2 is 1.65 bits per heavy atom. The lowest BCUT2D eigenvalue weighted by atomic mass is 10.1. The van der Waals surface area contributed by atoms with E-state index in [1.54, 1.807) is 22.6 Å². The molecule has 48 heavy (non-hydrogen) atoms. The summed E-state index contributed by atoms with van der Waals surface area (Å²) in [6.45, 7) is 2.59. The molecule has 0 radical (unpaired) electrons. The minimum absolute atomic E-state index is 0.00991. The third kappa shape index (κ3) is 6.49. The molecule has 6 aromatic rings. The fraction of sp³-hybridized carbons (Fsp3) is 0.353. The quantitative estimate of drug-likeness (QED) is 0.0455. The molecule has 6 rings (SSSR count). The van der Waals surface area contributed by atoms with Crippen molar-refractivity contribution in [1.29, 1.82) is 0 Å². The third-order valence-electron chi connectivity index (χ3n) is 8.29. The van der Waals surface area contributed by atoms with Crippen LogP contribution in [0.1, 0.15) is 36.0 Å². The maximum atomic E-state index is 15.8. The van der Waals surface area contributed by atoms with Gasteiger partial charge in [0.1, 0.15) is 16.8 Å². The Labute approximate surface area is 274 Å². The summed E-state index contributed by atoms with van der Waals surface area (Å²) in [5.74, 6) is -1.24. The SMILES string of the molecule is CN(C)CCCCNC(=O)c1cn2c3cc4oc5cc([N+](=O)[O-])ccc5[nH]c4cc3oc3c(NCCCCN(C)C)c(F)cc(c1=O)c32. The highest BCUT2D eigenvalue weighted by molar-refractivity contribution is 6.06. The zero-order chi connectivity index (χ0) is 34.1. The molecule has 0 spiro atoms. The number of unbranched alkanes of at least 4 members (excludes halogenated alkanes) is 2. The first-order chi connectivity index (χ1) is 23.0. The van der Waals surface area contributed by atoms with E-state index in [9.17, 15) is 19.7 Å². The Balaban J connectivity index is 1.52. The van der Waals surface area contributed by atoms with E-state index < -0.39 is 22.1 Å². The molecular formula is C34H38FN7O6. The minimum Gasteiger partial charge on any atom is -0.453 e. The normalized spacial score (nSPS) is 12.0. The van der Waals surface area contributed by atoms with Gasteiger partial charge in [0.25, 0.3) is 11.6 Å². The van der Waals surface area contributed by atoms with Crippen LogP contribution in [0.5, 0.6) is 0 Å². The predicted octanol–water partition coefficient (Wildman–Crippen LogP) is 5.86. The van der Waals surface area contributed by atoms with E-state index in [0.29, 0.717) is 46.3 Å². The van der Waals surface area contributed by atoms with Crippen LogP contribution in [-0.4, -0.2) is 84.4 Å². The van der Waals surface area contributed by atoms with E-state index >= 15 is 4.39 Å². The van der Waals surface area contributed by atoms with E-state index in [0.717, 1.165) is 44.8 Å². The number of H-pyrrole nitrogens is 1. The van der Waals surface area contributed by atoms with Crippen LogP contribution >= 0.6 is 0 Å². The van der Waals surface area contributed by atoms with Gasteiger partial charge in [0, 0.05) is 37.5 Å². The Hall–Kier alpha value is -5.21. The number of pyridine rings is 1. The Bertz CT molecular complexity index is 2260. The van der Waals surface area contributed by atoms with Gasteiger partial charge in [-0.15, -0.1) is 0 Å². The van der Waals surface area contributed by atoms with Crippen LogP contribution in [0.3, 0.4) is 0 Å². The molecular weight excluding hydrogens is 621 g/mol. The van der Waals surface area contributed by atoms with E-state index in [2.05, 4.69) is 25.4 Å². The van der Waals surface area contributed by atoms with Crippen molar-refractivity contribution in [3.63, 3.8) is 0 Å². The molecule has 3 aromatic heterocycles. The number of rotatable bonds is 13. The summed E-state index contributed by atoms with van der Waals surface area (Å²) in [6, 6.07) is 8.74. The molecule has 1 amide bonds. The van der Waals surface area contributed by atoms with Gasteiger partial charge >= 0.3 is 0 Å². The number of nitrogens with zero attached hydrogens (tertiary/aromatic N) is 4. The number of nitro groups is 1. The van der Waals surface area contributed by atoms with Crippen LogP contribution in [0, 0.1) is 15.9 Å². The molecule has 3 N–H and O–H groups in total. The fourth-order valence-electron chi connectivity index (χ4n) is 5.85. The van der Waals surface area contributed by atoms with Gasteiger partial charge in [0.05, 0.1) is 32.9 Å². The van der Waals surface area contributed by atoms with Gasteiger partial charge < -0.3 is 38.7 Å². The number of nitrogens with one attached hydrogen (secondary N) is 3. The van der Waals surface area contributed by atoms with Crippen molar-refractivity contribution >= 4 is 67.1 Å². The number of aromatic amines is 1. The summed E-state index contributed by atoms with van der Waals surface area (Å²) in [5, 5.41) is 17.4. The molecule has 0 saturated carbocycles. The van der Waals surface area contributed by atoms with Crippen molar-refractivity contribution in [2.75, 3.05) is 59.7 Å². The van der Waals surface area contributed by atoms with Crippen molar-refractivity contribution < 1.29 is 22.9 Å². The maximum absolute atomic E-state index is 15.8. The number of benzene rings is 3. The number of amides is 1. The topological polar surface area (TPSA) is 154 Å². The molecule has 3 heterocycles. The second-order valence-corrected chi connectivity index (χ2v) is 12.5. The average Bonchev–Trinajstić information content (AvgIpc) is 3.04. The van der Waals surface area contributed by atoms with Gasteiger partial charge in [0.2, 0.25) is 5.43 Å². The molecule has 252 valence electrons. The van der Waals surface area contributed by atoms with Crippen molar-refractivity contribution in [1.82, 2.24) is 24.5 Å². The first-order valence-electron chi connectivity index (χ1n) is 15.8. The molecule has 13 nitrogen and oxygen atoms in total. The maximum Gasteiger partial charge on any atom is 0.273 e. The molecule has 3 aromatic carbocycles. The zero-order valence-electron chi connectivity index (χ0n) is 27.3. The molecule has 0 aliphatic rings. The third-order valence-corrected chi connectivity index (χ3v) is 8.29. The standard InChI is InChI=1S/C34H38FN7O6/c1-39(2)13-7-5-11-36-30-23(35)16-21-31-33(30)48-29-17-25-28(47-27-15-20(42(45)46)9-10-24(27)38-25)18-26(29)41(31)19-22(32(21)43)34(44)37-12-6-8-14-40(3)4/h9-10,15-19,36,38H,5-8,11-14H2,1-4H3,(H,37,44). The zero-order valence-corrected chi connectivity index (χ0v) is 27.3. The van der Waals surface area contributed by atoms with Crippen molar-refractivity contribution in [2.45, 2.75) is 25.7 Å². The monoisotopic (exact) mass is 659 g/mol. The second-order valence-electron chi connectivity index (χ2n) is 12.5. The highest BCUT2D eigenvalue weighted by atomic mass is 19.1. The van der Waals surface area contributed by atoms with Crippen molar-refractivity contribution in [3.8, 4) is 0 Å². The van der Waals surface area contributed by atoms with Gasteiger partial charge in [0.15, 0.2) is 28.1 Å². The second kappa shape index (κ2) is 13.5. The molecule has 0 aliphatic heterocycles. The van der Waals surface area contributed by atoms with Gasteiger partial charge in [-0.2, -0.15) is 0 Å². The first kappa shape index (κ1) is 32.7. The highest BCUT2D eigenvalue weighted by Gasteiger charge is 2.23. The number of hydrogen-bond acceptors (Lipinski definition) is 9. The van der Waals surface area contributed by atoms with E-state index in [1.165, 1.54) is 18.3 Å². The lowest BCUT2D eigenvalue weighted by Crippen LogP contribution is -2.30. The van der Waals surface area contributed by atoms with E-state index in [-0.39, 0.29) is 33.5 Å². The average molecular weight is 660 g/mol. The van der Waals surface area contributed by atoms with Gasteiger partial charge in [-0.05, 0) is 79.1 Å². The largest absolute Gasteiger partial charge is 0.453 e. The number of nitro benzene ring substituents is 1.